The molecule has 13 nitrogen and oxygen atoms in total. The lowest BCUT2D eigenvalue weighted by Gasteiger charge is -2.35. The van der Waals surface area contributed by atoms with E-state index in [0.29, 0.717) is 30.9 Å². The van der Waals surface area contributed by atoms with E-state index in [4.69, 9.17) is 9.57 Å². The molecule has 1 aromatic carbocycles. The van der Waals surface area contributed by atoms with Gasteiger partial charge >= 0.3 is 0 Å². The molecule has 2 saturated carbocycles. The molecule has 13 heteroatoms. The first-order chi connectivity index (χ1) is 24.1. The molecule has 3 heterocycles. The number of carbonyl (C=O) groups is 5. The van der Waals surface area contributed by atoms with Crippen molar-refractivity contribution in [3.63, 3.8) is 0 Å². The molecule has 3 amide bonds. The van der Waals surface area contributed by atoms with Gasteiger partial charge in [0.05, 0.1) is 31.7 Å². The van der Waals surface area contributed by atoms with Crippen LogP contribution in [0.3, 0.4) is 0 Å². The average molecular weight is 703 g/mol. The van der Waals surface area contributed by atoms with Crippen LogP contribution in [-0.2, 0) is 28.8 Å². The van der Waals surface area contributed by atoms with Crippen LogP contribution in [0, 0.1) is 37.0 Å². The zero-order valence-corrected chi connectivity index (χ0v) is 30.6. The molecule has 0 radical (unpaired) electrons. The Bertz CT molecular complexity index is 1720. The Balaban J connectivity index is 1.27. The van der Waals surface area contributed by atoms with E-state index in [1.54, 1.807) is 19.6 Å². The Labute approximate surface area is 298 Å². The number of imidazole rings is 1. The topological polar surface area (TPSA) is 172 Å². The number of hydrogen-bond donors (Lipinski definition) is 3. The maximum atomic E-state index is 14.7. The van der Waals surface area contributed by atoms with E-state index in [2.05, 4.69) is 25.8 Å². The SMILES string of the molecule is CNC(=O)C(=O)[C@@H](CC(=O)[C@@H]1C[C@]2(CC(c3cc(C)c(OC)c(C)c3)=NO2)CN1C(=O)[C@@H](NC(=O)[C@@H]1C[C@H]1c1cnc[nH]1)C(C)(C)C)CC1CC1. The zero-order chi connectivity index (χ0) is 36.8. The number of oxime groups is 1. The summed E-state index contributed by atoms with van der Waals surface area (Å²) < 4.78 is 5.55. The van der Waals surface area contributed by atoms with Crippen molar-refractivity contribution in [1.82, 2.24) is 25.5 Å². The van der Waals surface area contributed by atoms with E-state index in [1.807, 2.05) is 46.8 Å². The fraction of sp³-hybridized carbons (Fsp3) is 0.605. The summed E-state index contributed by atoms with van der Waals surface area (Å²) in [7, 11) is 3.03. The molecule has 4 aliphatic rings. The van der Waals surface area contributed by atoms with Crippen molar-refractivity contribution >= 4 is 35.0 Å². The number of likely N-dealkylation sites (tertiary alicyclic amines) is 1. The molecule has 1 saturated heterocycles. The predicted molar refractivity (Wildman–Crippen MR) is 188 cm³/mol. The van der Waals surface area contributed by atoms with Crippen molar-refractivity contribution in [3.05, 3.63) is 47.0 Å². The summed E-state index contributed by atoms with van der Waals surface area (Å²) in [6.07, 6.45) is 6.65. The number of rotatable bonds is 13. The van der Waals surface area contributed by atoms with Gasteiger partial charge in [0, 0.05) is 61.5 Å². The summed E-state index contributed by atoms with van der Waals surface area (Å²) in [5.74, 6) is -2.27. The largest absolute Gasteiger partial charge is 0.496 e. The van der Waals surface area contributed by atoms with Gasteiger partial charge in [0.15, 0.2) is 11.4 Å². The van der Waals surface area contributed by atoms with Gasteiger partial charge in [-0.05, 0) is 61.3 Å². The second kappa shape index (κ2) is 13.9. The summed E-state index contributed by atoms with van der Waals surface area (Å²) in [5.41, 5.74) is 2.65. The van der Waals surface area contributed by atoms with Gasteiger partial charge in [0.1, 0.15) is 11.8 Å². The van der Waals surface area contributed by atoms with Crippen molar-refractivity contribution in [2.24, 2.45) is 28.3 Å². The lowest BCUT2D eigenvalue weighted by molar-refractivity contribution is -0.145. The maximum Gasteiger partial charge on any atom is 0.287 e. The number of amides is 3. The number of nitrogens with one attached hydrogen (secondary N) is 3. The van der Waals surface area contributed by atoms with E-state index >= 15 is 0 Å². The van der Waals surface area contributed by atoms with Crippen molar-refractivity contribution in [1.29, 1.82) is 0 Å². The van der Waals surface area contributed by atoms with E-state index in [1.165, 1.54) is 11.9 Å². The molecule has 1 spiro atoms. The summed E-state index contributed by atoms with van der Waals surface area (Å²) in [6.45, 7) is 9.64. The Morgan fingerprint density at radius 3 is 2.43 bits per heavy atom. The minimum atomic E-state index is -0.988. The van der Waals surface area contributed by atoms with Crippen LogP contribution in [0.15, 0.2) is 29.8 Å². The van der Waals surface area contributed by atoms with Crippen LogP contribution in [0.1, 0.15) is 94.0 Å². The van der Waals surface area contributed by atoms with Crippen molar-refractivity contribution in [2.45, 2.75) is 103 Å². The number of benzene rings is 1. The first kappa shape index (κ1) is 36.2. The van der Waals surface area contributed by atoms with E-state index in [-0.39, 0.29) is 42.9 Å². The summed E-state index contributed by atoms with van der Waals surface area (Å²) >= 11 is 0. The van der Waals surface area contributed by atoms with Gasteiger partial charge in [-0.15, -0.1) is 0 Å². The Kier molecular flexibility index (Phi) is 9.86. The molecule has 0 unspecified atom stereocenters. The summed E-state index contributed by atoms with van der Waals surface area (Å²) in [5, 5.41) is 9.93. The molecule has 0 bridgehead atoms. The minimum absolute atomic E-state index is 0.00143. The van der Waals surface area contributed by atoms with Gasteiger partial charge in [-0.25, -0.2) is 4.98 Å². The standard InChI is InChI=1S/C38H50N6O7/c1-20-10-23(11-21(2)32(20)50-7)27-15-38(51-43-27)16-29(30(45)13-24(12-22-8-9-22)31(46)35(48)39-6)44(18-38)36(49)33(37(3,4)5)42-34(47)26-14-25(26)28-17-40-19-41-28/h10-11,17,19,22,24-26,29,33H,8-9,12-16,18H2,1-7H3,(H,39,48)(H,40,41)(H,42,47)/t24-,25-,26-,29+,33-,38-/m1/s1. The van der Waals surface area contributed by atoms with Crippen LogP contribution in [0.4, 0.5) is 0 Å². The van der Waals surface area contributed by atoms with Crippen LogP contribution in [0.2, 0.25) is 0 Å². The second-order valence-electron chi connectivity index (χ2n) is 16.1. The molecule has 274 valence electrons. The molecular weight excluding hydrogens is 652 g/mol. The summed E-state index contributed by atoms with van der Waals surface area (Å²) in [6, 6.07) is 2.09. The first-order valence-corrected chi connectivity index (χ1v) is 17.9. The van der Waals surface area contributed by atoms with Crippen molar-refractivity contribution in [3.8, 4) is 5.75 Å². The molecule has 6 rings (SSSR count). The van der Waals surface area contributed by atoms with Crippen molar-refractivity contribution in [2.75, 3.05) is 20.7 Å². The van der Waals surface area contributed by atoms with Gasteiger partial charge in [0.2, 0.25) is 17.6 Å². The molecule has 6 atom stereocenters. The molecular formula is C38H50N6O7. The lowest BCUT2D eigenvalue weighted by Crippen LogP contribution is -2.57. The molecule has 2 aliphatic carbocycles. The van der Waals surface area contributed by atoms with Gasteiger partial charge < -0.3 is 30.1 Å². The number of aromatic nitrogens is 2. The number of aryl methyl sites for hydroxylation is 2. The number of likely N-dealkylation sites (N-methyl/N-ethyl adjacent to an activating group) is 1. The van der Waals surface area contributed by atoms with E-state index < -0.39 is 46.6 Å². The molecule has 51 heavy (non-hydrogen) atoms. The van der Waals surface area contributed by atoms with Crippen LogP contribution in [0.5, 0.6) is 5.75 Å². The minimum Gasteiger partial charge on any atom is -0.496 e. The number of ether oxygens (including phenoxy) is 1. The van der Waals surface area contributed by atoms with Gasteiger partial charge in [0.25, 0.3) is 5.91 Å². The second-order valence-corrected chi connectivity index (χ2v) is 16.1. The third kappa shape index (κ3) is 7.57. The quantitative estimate of drug-likeness (QED) is 0.266. The van der Waals surface area contributed by atoms with E-state index in [9.17, 15) is 24.0 Å². The monoisotopic (exact) mass is 702 g/mol. The lowest BCUT2D eigenvalue weighted by atomic mass is 9.84. The highest BCUT2D eigenvalue weighted by atomic mass is 16.7. The van der Waals surface area contributed by atoms with Crippen LogP contribution in [-0.4, -0.2) is 88.3 Å². The highest BCUT2D eigenvalue weighted by molar-refractivity contribution is 6.37. The normalized spacial score (nSPS) is 25.1. The average Bonchev–Trinajstić information content (AvgIpc) is 3.92. The third-order valence-electron chi connectivity index (χ3n) is 10.9. The van der Waals surface area contributed by atoms with Crippen LogP contribution < -0.4 is 15.4 Å². The first-order valence-electron chi connectivity index (χ1n) is 17.9. The number of hydrogen-bond acceptors (Lipinski definition) is 9. The highest BCUT2D eigenvalue weighted by Gasteiger charge is 2.56. The number of aromatic amines is 1. The van der Waals surface area contributed by atoms with Crippen LogP contribution >= 0.6 is 0 Å². The highest BCUT2D eigenvalue weighted by Crippen LogP contribution is 2.47. The van der Waals surface area contributed by atoms with E-state index in [0.717, 1.165) is 41.0 Å². The number of carbonyl (C=O) groups excluding carboxylic acids is 5. The fourth-order valence-electron chi connectivity index (χ4n) is 7.86. The smallest absolute Gasteiger partial charge is 0.287 e. The molecule has 2 aromatic rings. The summed E-state index contributed by atoms with van der Waals surface area (Å²) in [4.78, 5) is 83.1. The molecule has 3 N–H and O–H groups in total. The predicted octanol–water partition coefficient (Wildman–Crippen LogP) is 3.52. The number of Topliss-reactive ketones (excluding diaryl/α,β-unsaturated/α-hetero) is 2. The third-order valence-corrected chi connectivity index (χ3v) is 10.9. The van der Waals surface area contributed by atoms with Gasteiger partial charge in [-0.3, -0.25) is 24.0 Å². The fourth-order valence-corrected chi connectivity index (χ4v) is 7.86. The molecule has 3 fully saturated rings. The number of methoxy groups -OCH3 is 1. The number of nitrogens with zero attached hydrogens (tertiary/aromatic N) is 3. The van der Waals surface area contributed by atoms with Crippen LogP contribution in [0.25, 0.3) is 0 Å². The van der Waals surface area contributed by atoms with Gasteiger partial charge in [-0.2, -0.15) is 0 Å². The number of H-pyrrole nitrogens is 1. The number of ketones is 2. The maximum absolute atomic E-state index is 14.7. The molecule has 2 aliphatic heterocycles. The Morgan fingerprint density at radius 1 is 1.14 bits per heavy atom. The van der Waals surface area contributed by atoms with Crippen molar-refractivity contribution < 1.29 is 33.5 Å². The zero-order valence-electron chi connectivity index (χ0n) is 30.6. The Hall–Kier alpha value is -4.55. The molecule has 1 aromatic heterocycles. The van der Waals surface area contributed by atoms with Gasteiger partial charge in [-0.1, -0.05) is 38.8 Å². The Morgan fingerprint density at radius 2 is 1.84 bits per heavy atom.